The van der Waals surface area contributed by atoms with E-state index in [2.05, 4.69) is 0 Å². The lowest BCUT2D eigenvalue weighted by Crippen LogP contribution is -2.36. The fourth-order valence-electron chi connectivity index (χ4n) is 3.05. The molecule has 2 aromatic rings. The number of carbonyl (C=O) groups is 1. The van der Waals surface area contributed by atoms with E-state index in [1.54, 1.807) is 6.07 Å². The van der Waals surface area contributed by atoms with E-state index >= 15 is 0 Å². The van der Waals surface area contributed by atoms with Gasteiger partial charge in [-0.3, -0.25) is 4.79 Å². The summed E-state index contributed by atoms with van der Waals surface area (Å²) in [6.45, 7) is 2.43. The third-order valence-corrected chi connectivity index (χ3v) is 4.58. The molecule has 0 N–H and O–H groups in total. The average molecular weight is 352 g/mol. The van der Waals surface area contributed by atoms with Crippen LogP contribution in [0.2, 0.25) is 5.02 Å². The maximum atomic E-state index is 13.6. The molecule has 3 rings (SSSR count). The van der Waals surface area contributed by atoms with E-state index in [9.17, 15) is 13.6 Å². The second-order valence-electron chi connectivity index (χ2n) is 5.72. The summed E-state index contributed by atoms with van der Waals surface area (Å²) in [5, 5.41) is -0.113. The molecule has 1 amide bonds. The predicted octanol–water partition coefficient (Wildman–Crippen LogP) is 4.53. The molecule has 0 saturated carbocycles. The van der Waals surface area contributed by atoms with Crippen molar-refractivity contribution in [2.75, 3.05) is 18.6 Å². The SMILES string of the molecule is COc1ccc(C)c2c1N(C(=O)c1cc(F)c(F)cc1Cl)CCC2. The molecule has 2 aromatic carbocycles. The Morgan fingerprint density at radius 1 is 1.25 bits per heavy atom. The summed E-state index contributed by atoms with van der Waals surface area (Å²) < 4.78 is 32.2. The minimum absolute atomic E-state index is 0.0630. The van der Waals surface area contributed by atoms with Crippen molar-refractivity contribution < 1.29 is 18.3 Å². The molecule has 0 radical (unpaired) electrons. The van der Waals surface area contributed by atoms with Gasteiger partial charge in [-0.25, -0.2) is 8.78 Å². The lowest BCUT2D eigenvalue weighted by Gasteiger charge is -2.32. The molecule has 0 unspecified atom stereocenters. The Hall–Kier alpha value is -2.14. The van der Waals surface area contributed by atoms with E-state index in [1.165, 1.54) is 12.0 Å². The van der Waals surface area contributed by atoms with Crippen LogP contribution < -0.4 is 9.64 Å². The van der Waals surface area contributed by atoms with Gasteiger partial charge in [0.05, 0.1) is 23.4 Å². The molecule has 0 saturated heterocycles. The second kappa shape index (κ2) is 6.40. The molecule has 24 heavy (non-hydrogen) atoms. The van der Waals surface area contributed by atoms with Crippen LogP contribution in [-0.2, 0) is 6.42 Å². The van der Waals surface area contributed by atoms with E-state index in [0.29, 0.717) is 18.0 Å². The molecule has 3 nitrogen and oxygen atoms in total. The zero-order chi connectivity index (χ0) is 17.4. The van der Waals surface area contributed by atoms with Crippen LogP contribution in [-0.4, -0.2) is 19.6 Å². The number of ether oxygens (including phenoxy) is 1. The van der Waals surface area contributed by atoms with Crippen LogP contribution in [0.4, 0.5) is 14.5 Å². The molecule has 1 heterocycles. The maximum Gasteiger partial charge on any atom is 0.260 e. The second-order valence-corrected chi connectivity index (χ2v) is 6.13. The Kier molecular flexibility index (Phi) is 4.45. The van der Waals surface area contributed by atoms with E-state index < -0.39 is 17.5 Å². The van der Waals surface area contributed by atoms with Crippen molar-refractivity contribution in [3.8, 4) is 5.75 Å². The third kappa shape index (κ3) is 2.73. The molecule has 6 heteroatoms. The van der Waals surface area contributed by atoms with Gasteiger partial charge < -0.3 is 9.64 Å². The number of rotatable bonds is 2. The van der Waals surface area contributed by atoms with Crippen molar-refractivity contribution in [2.24, 2.45) is 0 Å². The van der Waals surface area contributed by atoms with Gasteiger partial charge in [0.15, 0.2) is 11.6 Å². The van der Waals surface area contributed by atoms with E-state index in [0.717, 1.165) is 36.1 Å². The zero-order valence-corrected chi connectivity index (χ0v) is 14.1. The Bertz CT molecular complexity index is 823. The first-order chi connectivity index (χ1) is 11.4. The van der Waals surface area contributed by atoms with Crippen molar-refractivity contribution in [2.45, 2.75) is 19.8 Å². The topological polar surface area (TPSA) is 29.5 Å². The normalized spacial score (nSPS) is 13.6. The van der Waals surface area contributed by atoms with Gasteiger partial charge in [-0.15, -0.1) is 0 Å². The number of nitrogens with zero attached hydrogens (tertiary/aromatic N) is 1. The van der Waals surface area contributed by atoms with Crippen LogP contribution in [0.5, 0.6) is 5.75 Å². The number of benzene rings is 2. The summed E-state index contributed by atoms with van der Waals surface area (Å²) in [7, 11) is 1.53. The van der Waals surface area contributed by atoms with Crippen molar-refractivity contribution in [3.63, 3.8) is 0 Å². The summed E-state index contributed by atoms with van der Waals surface area (Å²) in [4.78, 5) is 14.5. The fraction of sp³-hybridized carbons (Fsp3) is 0.278. The molecular formula is C18H16ClF2NO2. The first-order valence-corrected chi connectivity index (χ1v) is 7.94. The smallest absolute Gasteiger partial charge is 0.260 e. The molecule has 0 aromatic heterocycles. The minimum atomic E-state index is -1.10. The highest BCUT2D eigenvalue weighted by Crippen LogP contribution is 2.39. The molecular weight excluding hydrogens is 336 g/mol. The highest BCUT2D eigenvalue weighted by Gasteiger charge is 2.29. The summed E-state index contributed by atoms with van der Waals surface area (Å²) in [6, 6.07) is 5.40. The van der Waals surface area contributed by atoms with Crippen LogP contribution in [0.3, 0.4) is 0 Å². The van der Waals surface area contributed by atoms with Gasteiger partial charge in [0.2, 0.25) is 0 Å². The lowest BCUT2D eigenvalue weighted by molar-refractivity contribution is 0.0984. The van der Waals surface area contributed by atoms with Crippen LogP contribution in [0.1, 0.15) is 27.9 Å². The third-order valence-electron chi connectivity index (χ3n) is 4.26. The van der Waals surface area contributed by atoms with Gasteiger partial charge in [-0.2, -0.15) is 0 Å². The number of methoxy groups -OCH3 is 1. The first kappa shape index (κ1) is 16.7. The molecule has 1 aliphatic rings. The maximum absolute atomic E-state index is 13.6. The van der Waals surface area contributed by atoms with E-state index in [1.807, 2.05) is 13.0 Å². The Labute approximate surface area is 143 Å². The van der Waals surface area contributed by atoms with Gasteiger partial charge in [0, 0.05) is 6.54 Å². The predicted molar refractivity (Wildman–Crippen MR) is 89.1 cm³/mol. The number of hydrogen-bond donors (Lipinski definition) is 0. The quantitative estimate of drug-likeness (QED) is 0.744. The van der Waals surface area contributed by atoms with Crippen LogP contribution in [0.15, 0.2) is 24.3 Å². The Balaban J connectivity index is 2.11. The van der Waals surface area contributed by atoms with E-state index in [-0.39, 0.29) is 10.6 Å². The van der Waals surface area contributed by atoms with Crippen molar-refractivity contribution >= 4 is 23.2 Å². The minimum Gasteiger partial charge on any atom is -0.495 e. The van der Waals surface area contributed by atoms with Crippen molar-refractivity contribution in [1.82, 2.24) is 0 Å². The van der Waals surface area contributed by atoms with Gasteiger partial charge in [0.25, 0.3) is 5.91 Å². The lowest BCUT2D eigenvalue weighted by atomic mass is 9.95. The van der Waals surface area contributed by atoms with Crippen LogP contribution in [0, 0.1) is 18.6 Å². The van der Waals surface area contributed by atoms with Gasteiger partial charge in [-0.05, 0) is 49.1 Å². The number of amides is 1. The van der Waals surface area contributed by atoms with Crippen molar-refractivity contribution in [3.05, 3.63) is 57.6 Å². The first-order valence-electron chi connectivity index (χ1n) is 7.57. The monoisotopic (exact) mass is 351 g/mol. The Morgan fingerprint density at radius 3 is 2.67 bits per heavy atom. The molecule has 0 bridgehead atoms. The number of halogens is 3. The largest absolute Gasteiger partial charge is 0.495 e. The number of aryl methyl sites for hydroxylation is 1. The molecule has 0 fully saturated rings. The van der Waals surface area contributed by atoms with Crippen LogP contribution >= 0.6 is 11.6 Å². The van der Waals surface area contributed by atoms with Crippen molar-refractivity contribution in [1.29, 1.82) is 0 Å². The zero-order valence-electron chi connectivity index (χ0n) is 13.3. The van der Waals surface area contributed by atoms with Crippen LogP contribution in [0.25, 0.3) is 0 Å². The summed E-state index contributed by atoms with van der Waals surface area (Å²) in [5.41, 5.74) is 2.69. The van der Waals surface area contributed by atoms with Gasteiger partial charge in [-0.1, -0.05) is 17.7 Å². The summed E-state index contributed by atoms with van der Waals surface area (Å²) in [5.74, 6) is -2.08. The summed E-state index contributed by atoms with van der Waals surface area (Å²) >= 11 is 5.96. The van der Waals surface area contributed by atoms with E-state index in [4.69, 9.17) is 16.3 Å². The van der Waals surface area contributed by atoms with Gasteiger partial charge in [0.1, 0.15) is 5.75 Å². The number of anilines is 1. The Morgan fingerprint density at radius 2 is 1.96 bits per heavy atom. The molecule has 0 aliphatic carbocycles. The number of fused-ring (bicyclic) bond motifs is 1. The molecule has 126 valence electrons. The highest BCUT2D eigenvalue weighted by atomic mass is 35.5. The average Bonchev–Trinajstić information content (AvgIpc) is 2.57. The fourth-order valence-corrected chi connectivity index (χ4v) is 3.28. The number of carbonyl (C=O) groups excluding carboxylic acids is 1. The standard InChI is InChI=1S/C18H16ClF2NO2/c1-10-5-6-16(24-2)17-11(10)4-3-7-22(17)18(23)12-8-14(20)15(21)9-13(12)19/h5-6,8-9H,3-4,7H2,1-2H3. The number of hydrogen-bond acceptors (Lipinski definition) is 2. The van der Waals surface area contributed by atoms with Gasteiger partial charge >= 0.3 is 0 Å². The molecule has 0 atom stereocenters. The molecule has 1 aliphatic heterocycles. The molecule has 0 spiro atoms. The summed E-state index contributed by atoms with van der Waals surface area (Å²) in [6.07, 6.45) is 1.60. The highest BCUT2D eigenvalue weighted by molar-refractivity contribution is 6.34.